The van der Waals surface area contributed by atoms with Crippen LogP contribution < -0.4 is 0 Å². The number of alkyl halides is 1. The maximum atomic E-state index is 13.9. The van der Waals surface area contributed by atoms with E-state index in [0.29, 0.717) is 0 Å². The van der Waals surface area contributed by atoms with Crippen LogP contribution in [0.15, 0.2) is 0 Å². The summed E-state index contributed by atoms with van der Waals surface area (Å²) in [6, 6.07) is 0. The van der Waals surface area contributed by atoms with Crippen LogP contribution in [-0.4, -0.2) is 57.3 Å². The number of rotatable bonds is 21. The van der Waals surface area contributed by atoms with Crippen molar-refractivity contribution in [3.8, 4) is 0 Å². The van der Waals surface area contributed by atoms with Gasteiger partial charge in [-0.1, -0.05) is 84.0 Å². The van der Waals surface area contributed by atoms with Crippen molar-refractivity contribution in [1.82, 2.24) is 0 Å². The predicted octanol–water partition coefficient (Wildman–Crippen LogP) is 6.01. The lowest BCUT2D eigenvalue weighted by Gasteiger charge is -2.11. The van der Waals surface area contributed by atoms with Gasteiger partial charge in [-0.05, 0) is 25.0 Å². The number of thioether (sulfide) groups is 1. The van der Waals surface area contributed by atoms with Crippen LogP contribution in [0, 0.1) is 0 Å². The highest BCUT2D eigenvalue weighted by molar-refractivity contribution is 7.99. The van der Waals surface area contributed by atoms with Gasteiger partial charge in [0.1, 0.15) is 6.17 Å². The van der Waals surface area contributed by atoms with Gasteiger partial charge >= 0.3 is 7.82 Å². The molecule has 0 aliphatic rings. The molecule has 0 amide bonds. The molecule has 190 valence electrons. The lowest BCUT2D eigenvalue weighted by atomic mass is 10.0. The Balaban J connectivity index is 0. The molecule has 0 fully saturated rings. The highest BCUT2D eigenvalue weighted by atomic mass is 32.2. The Bertz CT molecular complexity index is 388. The van der Waals surface area contributed by atoms with Gasteiger partial charge in [0.2, 0.25) is 0 Å². The fraction of sp³-hybridized carbons (Fsp3) is 1.00. The van der Waals surface area contributed by atoms with Crippen LogP contribution in [0.1, 0.15) is 103 Å². The standard InChI is InChI=1S/C22H45FO2S.H3O4P/c1-3-4-5-6-7-8-10-13-16-21(23)17-14-11-9-12-15-18-26-20-22(19-24)25-2;1-5(2,3)4/h21-22,24H,3-20H2,1-2H3;(H3,1,2,3,4). The molecule has 0 saturated heterocycles. The van der Waals surface area contributed by atoms with Crippen molar-refractivity contribution in [2.45, 2.75) is 116 Å². The number of halogens is 1. The van der Waals surface area contributed by atoms with E-state index in [9.17, 15) is 4.39 Å². The lowest BCUT2D eigenvalue weighted by Crippen LogP contribution is -2.18. The van der Waals surface area contributed by atoms with E-state index < -0.39 is 14.0 Å². The van der Waals surface area contributed by atoms with E-state index in [-0.39, 0.29) is 12.7 Å². The summed E-state index contributed by atoms with van der Waals surface area (Å²) in [5.74, 6) is 2.00. The van der Waals surface area contributed by atoms with E-state index in [0.717, 1.165) is 37.2 Å². The Morgan fingerprint density at radius 1 is 0.839 bits per heavy atom. The second-order valence-electron chi connectivity index (χ2n) is 8.05. The van der Waals surface area contributed by atoms with Gasteiger partial charge in [0.15, 0.2) is 0 Å². The molecule has 31 heavy (non-hydrogen) atoms. The largest absolute Gasteiger partial charge is 0.466 e. The van der Waals surface area contributed by atoms with E-state index in [2.05, 4.69) is 6.92 Å². The molecule has 0 bridgehead atoms. The first-order valence-corrected chi connectivity index (χ1v) is 14.6. The molecule has 9 heteroatoms. The van der Waals surface area contributed by atoms with Gasteiger partial charge in [0.05, 0.1) is 12.7 Å². The molecule has 4 N–H and O–H groups in total. The fourth-order valence-electron chi connectivity index (χ4n) is 3.15. The first kappa shape index (κ1) is 33.5. The molecular formula is C22H48FO6PS. The molecule has 0 saturated carbocycles. The maximum absolute atomic E-state index is 13.9. The van der Waals surface area contributed by atoms with Crippen molar-refractivity contribution >= 4 is 19.6 Å². The summed E-state index contributed by atoms with van der Waals surface area (Å²) in [6.07, 6.45) is 17.1. The van der Waals surface area contributed by atoms with Crippen LogP contribution in [-0.2, 0) is 9.30 Å². The third kappa shape index (κ3) is 35.1. The number of hydrogen-bond acceptors (Lipinski definition) is 4. The second kappa shape index (κ2) is 24.9. The summed E-state index contributed by atoms with van der Waals surface area (Å²) >= 11 is 1.85. The third-order valence-corrected chi connectivity index (χ3v) is 6.20. The van der Waals surface area contributed by atoms with Gasteiger partial charge < -0.3 is 24.5 Å². The Hall–Kier alpha value is 0.310. The monoisotopic (exact) mass is 490 g/mol. The smallest absolute Gasteiger partial charge is 0.394 e. The molecule has 0 aromatic heterocycles. The van der Waals surface area contributed by atoms with Crippen LogP contribution >= 0.6 is 19.6 Å². The molecule has 0 radical (unpaired) electrons. The highest BCUT2D eigenvalue weighted by Crippen LogP contribution is 2.25. The quantitative estimate of drug-likeness (QED) is 0.115. The number of aliphatic hydroxyl groups is 1. The van der Waals surface area contributed by atoms with Gasteiger partial charge in [-0.15, -0.1) is 0 Å². The van der Waals surface area contributed by atoms with Crippen molar-refractivity contribution in [2.24, 2.45) is 0 Å². The molecular weight excluding hydrogens is 442 g/mol. The minimum absolute atomic E-state index is 0.0254. The number of aliphatic hydroxyl groups excluding tert-OH is 1. The van der Waals surface area contributed by atoms with Crippen LogP contribution in [0.25, 0.3) is 0 Å². The Morgan fingerprint density at radius 3 is 1.68 bits per heavy atom. The molecule has 6 nitrogen and oxygen atoms in total. The molecule has 0 aromatic carbocycles. The average Bonchev–Trinajstić information content (AvgIpc) is 2.70. The van der Waals surface area contributed by atoms with Crippen LogP contribution in [0.4, 0.5) is 4.39 Å². The summed E-state index contributed by atoms with van der Waals surface area (Å²) < 4.78 is 27.9. The Morgan fingerprint density at radius 2 is 1.26 bits per heavy atom. The minimum atomic E-state index is -4.64. The molecule has 2 unspecified atom stereocenters. The number of unbranched alkanes of at least 4 members (excludes halogenated alkanes) is 11. The zero-order chi connectivity index (χ0) is 23.8. The molecule has 2 atom stereocenters. The van der Waals surface area contributed by atoms with E-state index in [1.54, 1.807) is 7.11 Å². The second-order valence-corrected chi connectivity index (χ2v) is 10.2. The van der Waals surface area contributed by atoms with Crippen molar-refractivity contribution in [3.63, 3.8) is 0 Å². The SMILES string of the molecule is CCCCCCCCCCC(F)CCCCCCCSCC(CO)OC.O=P(O)(O)O. The number of hydrogen-bond donors (Lipinski definition) is 4. The Kier molecular flexibility index (Phi) is 26.9. The number of methoxy groups -OCH3 is 1. The summed E-state index contributed by atoms with van der Waals surface area (Å²) in [5.41, 5.74) is 0. The molecule has 0 aromatic rings. The maximum Gasteiger partial charge on any atom is 0.466 e. The third-order valence-electron chi connectivity index (χ3n) is 5.02. The molecule has 0 spiro atoms. The van der Waals surface area contributed by atoms with Crippen molar-refractivity contribution in [2.75, 3.05) is 25.2 Å². The van der Waals surface area contributed by atoms with E-state index >= 15 is 0 Å². The fourth-order valence-corrected chi connectivity index (χ4v) is 4.23. The van der Waals surface area contributed by atoms with Gasteiger partial charge in [0.25, 0.3) is 0 Å². The van der Waals surface area contributed by atoms with E-state index in [1.165, 1.54) is 70.6 Å². The van der Waals surface area contributed by atoms with Gasteiger partial charge in [-0.3, -0.25) is 0 Å². The molecule has 0 heterocycles. The topological polar surface area (TPSA) is 107 Å². The van der Waals surface area contributed by atoms with E-state index in [1.807, 2.05) is 11.8 Å². The Labute approximate surface area is 194 Å². The summed E-state index contributed by atoms with van der Waals surface area (Å²) in [7, 11) is -2.99. The van der Waals surface area contributed by atoms with E-state index in [4.69, 9.17) is 29.1 Å². The minimum Gasteiger partial charge on any atom is -0.394 e. The summed E-state index contributed by atoms with van der Waals surface area (Å²) in [5, 5.41) is 9.02. The van der Waals surface area contributed by atoms with Crippen molar-refractivity contribution in [1.29, 1.82) is 0 Å². The first-order chi connectivity index (χ1) is 14.7. The zero-order valence-corrected chi connectivity index (χ0v) is 21.4. The van der Waals surface area contributed by atoms with Crippen LogP contribution in [0.5, 0.6) is 0 Å². The molecule has 0 aliphatic heterocycles. The zero-order valence-electron chi connectivity index (χ0n) is 19.7. The number of ether oxygens (including phenoxy) is 1. The van der Waals surface area contributed by atoms with Crippen molar-refractivity contribution in [3.05, 3.63) is 0 Å². The molecule has 0 aliphatic carbocycles. The van der Waals surface area contributed by atoms with Gasteiger partial charge in [-0.2, -0.15) is 11.8 Å². The lowest BCUT2D eigenvalue weighted by molar-refractivity contribution is 0.0656. The highest BCUT2D eigenvalue weighted by Gasteiger charge is 2.06. The molecule has 0 rings (SSSR count). The summed E-state index contributed by atoms with van der Waals surface area (Å²) in [6.45, 7) is 2.35. The predicted molar refractivity (Wildman–Crippen MR) is 129 cm³/mol. The van der Waals surface area contributed by atoms with Gasteiger partial charge in [0, 0.05) is 12.9 Å². The van der Waals surface area contributed by atoms with Gasteiger partial charge in [-0.25, -0.2) is 8.96 Å². The summed E-state index contributed by atoms with van der Waals surface area (Å²) in [4.78, 5) is 21.6. The first-order valence-electron chi connectivity index (χ1n) is 11.9. The van der Waals surface area contributed by atoms with Crippen LogP contribution in [0.2, 0.25) is 0 Å². The van der Waals surface area contributed by atoms with Crippen molar-refractivity contribution < 1.29 is 33.5 Å². The van der Waals surface area contributed by atoms with Crippen LogP contribution in [0.3, 0.4) is 0 Å². The average molecular weight is 491 g/mol. The number of phosphoric acid groups is 1. The normalized spacial score (nSPS) is 13.5.